The Hall–Kier alpha value is -2.61. The van der Waals surface area contributed by atoms with Crippen molar-refractivity contribution in [2.75, 3.05) is 7.11 Å². The zero-order valence-electron chi connectivity index (χ0n) is 17.8. The van der Waals surface area contributed by atoms with Gasteiger partial charge in [-0.1, -0.05) is 6.92 Å². The highest BCUT2D eigenvalue weighted by atomic mass is 16.7. The maximum absolute atomic E-state index is 13.4. The second kappa shape index (κ2) is 6.95. The fourth-order valence-corrected chi connectivity index (χ4v) is 6.31. The fourth-order valence-electron chi connectivity index (χ4n) is 6.31. The summed E-state index contributed by atoms with van der Waals surface area (Å²) in [7, 11) is 1.32. The van der Waals surface area contributed by atoms with Crippen LogP contribution in [-0.4, -0.2) is 37.4 Å². The van der Waals surface area contributed by atoms with E-state index in [2.05, 4.69) is 0 Å². The number of carbonyl (C=O) groups excluding carboxylic acids is 3. The number of hydrogen-bond donors (Lipinski definition) is 0. The molecule has 1 aromatic heterocycles. The van der Waals surface area contributed by atoms with Crippen LogP contribution in [0.2, 0.25) is 0 Å². The first-order valence-electron chi connectivity index (χ1n) is 10.7. The van der Waals surface area contributed by atoms with Gasteiger partial charge in [-0.25, -0.2) is 0 Å². The van der Waals surface area contributed by atoms with Gasteiger partial charge in [0.15, 0.2) is 5.41 Å². The first-order valence-corrected chi connectivity index (χ1v) is 10.7. The van der Waals surface area contributed by atoms with E-state index in [-0.39, 0.29) is 11.9 Å². The molecule has 0 unspecified atom stereocenters. The molecular formula is C23H26O8. The van der Waals surface area contributed by atoms with Crippen LogP contribution in [0.3, 0.4) is 0 Å². The number of furan rings is 1. The molecule has 2 saturated heterocycles. The van der Waals surface area contributed by atoms with E-state index in [9.17, 15) is 14.4 Å². The van der Waals surface area contributed by atoms with E-state index >= 15 is 0 Å². The van der Waals surface area contributed by atoms with Crippen molar-refractivity contribution in [3.63, 3.8) is 0 Å². The summed E-state index contributed by atoms with van der Waals surface area (Å²) in [6.07, 6.45) is 4.07. The van der Waals surface area contributed by atoms with E-state index in [0.717, 1.165) is 16.7 Å². The van der Waals surface area contributed by atoms with Crippen molar-refractivity contribution in [3.05, 3.63) is 35.3 Å². The van der Waals surface area contributed by atoms with Gasteiger partial charge < -0.3 is 23.4 Å². The molecule has 0 amide bonds. The summed E-state index contributed by atoms with van der Waals surface area (Å²) in [5.41, 5.74) is 0.417. The Morgan fingerprint density at radius 2 is 2.06 bits per heavy atom. The van der Waals surface area contributed by atoms with E-state index in [0.29, 0.717) is 32.1 Å². The maximum atomic E-state index is 13.4. The van der Waals surface area contributed by atoms with Crippen molar-refractivity contribution in [2.45, 2.75) is 64.4 Å². The Labute approximate surface area is 179 Å². The summed E-state index contributed by atoms with van der Waals surface area (Å²) in [5.74, 6) is -1.35. The molecule has 0 bridgehead atoms. The molecule has 1 spiro atoms. The van der Waals surface area contributed by atoms with E-state index in [1.807, 2.05) is 6.92 Å². The lowest BCUT2D eigenvalue weighted by atomic mass is 9.54. The first kappa shape index (κ1) is 20.3. The molecule has 5 rings (SSSR count). The third-order valence-electron chi connectivity index (χ3n) is 7.62. The topological polar surface area (TPSA) is 101 Å². The molecule has 4 aliphatic rings. The number of ether oxygens (including phenoxy) is 4. The second-order valence-electron chi connectivity index (χ2n) is 9.04. The lowest BCUT2D eigenvalue weighted by Crippen LogP contribution is -2.50. The molecule has 8 nitrogen and oxygen atoms in total. The predicted octanol–water partition coefficient (Wildman–Crippen LogP) is 3.22. The first-order chi connectivity index (χ1) is 14.8. The molecule has 3 heterocycles. The van der Waals surface area contributed by atoms with Gasteiger partial charge in [0.05, 0.1) is 31.2 Å². The minimum Gasteiger partial charge on any atom is -0.472 e. The van der Waals surface area contributed by atoms with Gasteiger partial charge in [0, 0.05) is 18.9 Å². The normalized spacial score (nSPS) is 38.7. The minimum absolute atomic E-state index is 0.0647. The van der Waals surface area contributed by atoms with Crippen molar-refractivity contribution in [1.82, 2.24) is 0 Å². The highest BCUT2D eigenvalue weighted by Gasteiger charge is 2.69. The highest BCUT2D eigenvalue weighted by Crippen LogP contribution is 2.65. The third-order valence-corrected chi connectivity index (χ3v) is 7.62. The Bertz CT molecular complexity index is 962. The molecule has 2 fully saturated rings. The summed E-state index contributed by atoms with van der Waals surface area (Å²) in [5, 5.41) is 0. The van der Waals surface area contributed by atoms with Gasteiger partial charge in [0.1, 0.15) is 6.10 Å². The van der Waals surface area contributed by atoms with Crippen LogP contribution in [0.15, 0.2) is 34.2 Å². The zero-order chi connectivity index (χ0) is 22.0. The average Bonchev–Trinajstić information content (AvgIpc) is 3.44. The van der Waals surface area contributed by atoms with Crippen molar-refractivity contribution in [3.8, 4) is 0 Å². The van der Waals surface area contributed by atoms with Crippen LogP contribution in [-0.2, 0) is 33.3 Å². The zero-order valence-corrected chi connectivity index (χ0v) is 17.8. The third kappa shape index (κ3) is 2.60. The number of cyclic esters (lactones) is 1. The van der Waals surface area contributed by atoms with Crippen molar-refractivity contribution in [2.24, 2.45) is 16.7 Å². The summed E-state index contributed by atoms with van der Waals surface area (Å²) in [6, 6.07) is 1.81. The van der Waals surface area contributed by atoms with Gasteiger partial charge in [-0.15, -0.1) is 0 Å². The van der Waals surface area contributed by atoms with Gasteiger partial charge in [-0.3, -0.25) is 14.4 Å². The molecule has 0 N–H and O–H groups in total. The fraction of sp³-hybridized carbons (Fsp3) is 0.609. The number of esters is 3. The Kier molecular flexibility index (Phi) is 4.55. The number of carbonyl (C=O) groups is 3. The summed E-state index contributed by atoms with van der Waals surface area (Å²) in [4.78, 5) is 38.4. The van der Waals surface area contributed by atoms with E-state index < -0.39 is 41.3 Å². The van der Waals surface area contributed by atoms with Gasteiger partial charge in [-0.2, -0.15) is 0 Å². The lowest BCUT2D eigenvalue weighted by molar-refractivity contribution is -0.200. The Morgan fingerprint density at radius 1 is 1.26 bits per heavy atom. The number of methoxy groups -OCH3 is 1. The molecule has 2 aliphatic heterocycles. The summed E-state index contributed by atoms with van der Waals surface area (Å²) >= 11 is 0. The Morgan fingerprint density at radius 3 is 2.74 bits per heavy atom. The molecular weight excluding hydrogens is 404 g/mol. The quantitative estimate of drug-likeness (QED) is 0.409. The molecule has 0 radical (unpaired) electrons. The monoisotopic (exact) mass is 430 g/mol. The number of rotatable bonds is 3. The molecule has 0 saturated carbocycles. The van der Waals surface area contributed by atoms with Gasteiger partial charge in [-0.05, 0) is 48.8 Å². The van der Waals surface area contributed by atoms with Gasteiger partial charge in [0.2, 0.25) is 6.29 Å². The van der Waals surface area contributed by atoms with E-state index in [4.69, 9.17) is 23.4 Å². The number of fused-ring (bicyclic) bond motifs is 1. The molecule has 1 aromatic rings. The smallest absolute Gasteiger partial charge is 0.322 e. The molecule has 2 aliphatic carbocycles. The average molecular weight is 430 g/mol. The van der Waals surface area contributed by atoms with Crippen LogP contribution in [0, 0.1) is 16.7 Å². The minimum atomic E-state index is -1.22. The Balaban J connectivity index is 1.67. The molecule has 166 valence electrons. The van der Waals surface area contributed by atoms with Crippen molar-refractivity contribution >= 4 is 17.9 Å². The van der Waals surface area contributed by atoms with Crippen LogP contribution in [0.1, 0.15) is 57.6 Å². The van der Waals surface area contributed by atoms with Crippen LogP contribution in [0.5, 0.6) is 0 Å². The van der Waals surface area contributed by atoms with Crippen LogP contribution < -0.4 is 0 Å². The molecule has 6 atom stereocenters. The summed E-state index contributed by atoms with van der Waals surface area (Å²) < 4.78 is 27.9. The van der Waals surface area contributed by atoms with Crippen molar-refractivity contribution in [1.29, 1.82) is 0 Å². The van der Waals surface area contributed by atoms with Gasteiger partial charge in [0.25, 0.3) is 0 Å². The van der Waals surface area contributed by atoms with E-state index in [1.165, 1.54) is 14.0 Å². The largest absolute Gasteiger partial charge is 0.472 e. The predicted molar refractivity (Wildman–Crippen MR) is 104 cm³/mol. The van der Waals surface area contributed by atoms with Crippen LogP contribution in [0.4, 0.5) is 0 Å². The lowest BCUT2D eigenvalue weighted by Gasteiger charge is -2.46. The molecule has 8 heteroatoms. The van der Waals surface area contributed by atoms with E-state index in [1.54, 1.807) is 18.6 Å². The number of hydrogen-bond acceptors (Lipinski definition) is 8. The molecule has 31 heavy (non-hydrogen) atoms. The van der Waals surface area contributed by atoms with Crippen molar-refractivity contribution < 1.29 is 37.7 Å². The maximum Gasteiger partial charge on any atom is 0.322 e. The summed E-state index contributed by atoms with van der Waals surface area (Å²) in [6.45, 7) is 3.32. The highest BCUT2D eigenvalue weighted by molar-refractivity contribution is 5.88. The molecule has 0 aromatic carbocycles. The van der Waals surface area contributed by atoms with Crippen LogP contribution >= 0.6 is 0 Å². The standard InChI is InChI=1S/C23H26O8/c1-12-9-16-18-15(23(12)10-17(30-20(23)26)14-6-8-28-11-14)5-4-7-22(18,19(25)27-3)21(31-16)29-13(2)24/h6,8,11-12,16-17,21H,4-5,7,9-10H2,1-3H3/t12-,16+,17+,21-,22-,23-/m1/s1. The van der Waals surface area contributed by atoms with Gasteiger partial charge >= 0.3 is 17.9 Å². The SMILES string of the molecule is COC(=O)[C@@]12CCCC3=C1[C@H](C[C@@H](C)[C@]31C[C@@H](c3ccoc3)OC1=O)O[C@H]2OC(C)=O. The van der Waals surface area contributed by atoms with Crippen LogP contribution in [0.25, 0.3) is 0 Å². The second-order valence-corrected chi connectivity index (χ2v) is 9.04.